The van der Waals surface area contributed by atoms with Crippen LogP contribution in [0, 0.1) is 13.8 Å². The average molecular weight is 225 g/mol. The molecule has 1 aromatic carbocycles. The summed E-state index contributed by atoms with van der Waals surface area (Å²) in [5.74, 6) is 0. The smallest absolute Gasteiger partial charge is 0.0316 e. The van der Waals surface area contributed by atoms with E-state index in [9.17, 15) is 0 Å². The van der Waals surface area contributed by atoms with Crippen molar-refractivity contribution in [3.8, 4) is 0 Å². The van der Waals surface area contributed by atoms with Gasteiger partial charge in [0.2, 0.25) is 0 Å². The SMILES string of the molecule is Cc1ccc(C(C)(C)CC(C)Cl)c(C)c1. The van der Waals surface area contributed by atoms with Crippen molar-refractivity contribution < 1.29 is 0 Å². The Morgan fingerprint density at radius 3 is 2.33 bits per heavy atom. The molecule has 0 spiro atoms. The lowest BCUT2D eigenvalue weighted by Gasteiger charge is -2.28. The van der Waals surface area contributed by atoms with Crippen LogP contribution in [0.25, 0.3) is 0 Å². The van der Waals surface area contributed by atoms with Crippen molar-refractivity contribution in [2.24, 2.45) is 0 Å². The highest BCUT2D eigenvalue weighted by molar-refractivity contribution is 6.20. The van der Waals surface area contributed by atoms with Gasteiger partial charge in [-0.05, 0) is 43.7 Å². The van der Waals surface area contributed by atoms with Crippen LogP contribution >= 0.6 is 11.6 Å². The lowest BCUT2D eigenvalue weighted by Crippen LogP contribution is -2.22. The van der Waals surface area contributed by atoms with E-state index in [2.05, 4.69) is 52.8 Å². The van der Waals surface area contributed by atoms with Crippen molar-refractivity contribution in [1.82, 2.24) is 0 Å². The van der Waals surface area contributed by atoms with Crippen molar-refractivity contribution in [3.05, 3.63) is 34.9 Å². The Kier molecular flexibility index (Phi) is 3.83. The Bertz CT molecular complexity index is 337. The molecule has 0 aromatic heterocycles. The van der Waals surface area contributed by atoms with E-state index in [4.69, 9.17) is 11.6 Å². The minimum Gasteiger partial charge on any atom is -0.123 e. The van der Waals surface area contributed by atoms with Gasteiger partial charge >= 0.3 is 0 Å². The zero-order valence-electron chi connectivity index (χ0n) is 10.4. The second kappa shape index (κ2) is 4.57. The second-order valence-electron chi connectivity index (χ2n) is 5.19. The summed E-state index contributed by atoms with van der Waals surface area (Å²) in [6.07, 6.45) is 1.01. The average Bonchev–Trinajstić information content (AvgIpc) is 1.99. The van der Waals surface area contributed by atoms with Gasteiger partial charge in [-0.3, -0.25) is 0 Å². The van der Waals surface area contributed by atoms with E-state index in [1.165, 1.54) is 16.7 Å². The highest BCUT2D eigenvalue weighted by Gasteiger charge is 2.24. The zero-order valence-corrected chi connectivity index (χ0v) is 11.2. The molecule has 0 aliphatic heterocycles. The maximum absolute atomic E-state index is 6.10. The molecule has 0 fully saturated rings. The maximum atomic E-state index is 6.10. The molecule has 1 rings (SSSR count). The summed E-state index contributed by atoms with van der Waals surface area (Å²) in [6, 6.07) is 6.67. The molecule has 1 unspecified atom stereocenters. The van der Waals surface area contributed by atoms with E-state index < -0.39 is 0 Å². The van der Waals surface area contributed by atoms with Crippen LogP contribution in [0.2, 0.25) is 0 Å². The van der Waals surface area contributed by atoms with E-state index in [-0.39, 0.29) is 10.8 Å². The van der Waals surface area contributed by atoms with Crippen molar-refractivity contribution in [2.45, 2.75) is 51.8 Å². The predicted molar refractivity (Wildman–Crippen MR) is 68.9 cm³/mol. The lowest BCUT2D eigenvalue weighted by molar-refractivity contribution is 0.474. The number of benzene rings is 1. The van der Waals surface area contributed by atoms with Crippen molar-refractivity contribution in [3.63, 3.8) is 0 Å². The van der Waals surface area contributed by atoms with Crippen molar-refractivity contribution >= 4 is 11.6 Å². The molecule has 0 bridgehead atoms. The molecule has 15 heavy (non-hydrogen) atoms. The van der Waals surface area contributed by atoms with E-state index in [0.29, 0.717) is 0 Å². The van der Waals surface area contributed by atoms with Crippen LogP contribution < -0.4 is 0 Å². The Morgan fingerprint density at radius 1 is 1.27 bits per heavy atom. The Balaban J connectivity index is 3.04. The highest BCUT2D eigenvalue weighted by Crippen LogP contribution is 2.32. The van der Waals surface area contributed by atoms with Crippen LogP contribution in [0.15, 0.2) is 18.2 Å². The first-order chi connectivity index (χ1) is 6.83. The van der Waals surface area contributed by atoms with E-state index in [1.54, 1.807) is 0 Å². The van der Waals surface area contributed by atoms with Gasteiger partial charge in [0, 0.05) is 5.38 Å². The molecule has 0 aliphatic carbocycles. The number of alkyl halides is 1. The van der Waals surface area contributed by atoms with Gasteiger partial charge in [-0.2, -0.15) is 0 Å². The summed E-state index contributed by atoms with van der Waals surface area (Å²) >= 11 is 6.10. The molecule has 0 heterocycles. The minimum absolute atomic E-state index is 0.166. The summed E-state index contributed by atoms with van der Waals surface area (Å²) in [4.78, 5) is 0. The first kappa shape index (κ1) is 12.6. The summed E-state index contributed by atoms with van der Waals surface area (Å²) in [6.45, 7) is 10.9. The zero-order chi connectivity index (χ0) is 11.6. The van der Waals surface area contributed by atoms with Crippen LogP contribution in [0.3, 0.4) is 0 Å². The van der Waals surface area contributed by atoms with Gasteiger partial charge in [-0.1, -0.05) is 37.6 Å². The quantitative estimate of drug-likeness (QED) is 0.659. The van der Waals surface area contributed by atoms with Gasteiger partial charge in [-0.15, -0.1) is 11.6 Å². The standard InChI is InChI=1S/C14H21Cl/c1-10-6-7-13(11(2)8-10)14(4,5)9-12(3)15/h6-8,12H,9H2,1-5H3. The normalized spacial score (nSPS) is 14.0. The van der Waals surface area contributed by atoms with Crippen LogP contribution in [0.5, 0.6) is 0 Å². The topological polar surface area (TPSA) is 0 Å². The van der Waals surface area contributed by atoms with Crippen LogP contribution in [0.1, 0.15) is 43.9 Å². The number of halogens is 1. The molecule has 0 nitrogen and oxygen atoms in total. The maximum Gasteiger partial charge on any atom is 0.0316 e. The third kappa shape index (κ3) is 3.24. The molecule has 1 aromatic rings. The van der Waals surface area contributed by atoms with Crippen LogP contribution in [-0.4, -0.2) is 5.38 Å². The lowest BCUT2D eigenvalue weighted by atomic mass is 9.78. The van der Waals surface area contributed by atoms with Gasteiger partial charge in [0.1, 0.15) is 0 Å². The fourth-order valence-electron chi connectivity index (χ4n) is 2.39. The van der Waals surface area contributed by atoms with Gasteiger partial charge in [0.05, 0.1) is 0 Å². The van der Waals surface area contributed by atoms with Crippen molar-refractivity contribution in [2.75, 3.05) is 0 Å². The Hall–Kier alpha value is -0.490. The molecule has 1 atom stereocenters. The fraction of sp³-hybridized carbons (Fsp3) is 0.571. The van der Waals surface area contributed by atoms with Gasteiger partial charge in [0.25, 0.3) is 0 Å². The molecule has 84 valence electrons. The molecule has 1 heteroatoms. The Morgan fingerprint density at radius 2 is 1.87 bits per heavy atom. The largest absolute Gasteiger partial charge is 0.123 e. The highest BCUT2D eigenvalue weighted by atomic mass is 35.5. The van der Waals surface area contributed by atoms with Crippen molar-refractivity contribution in [1.29, 1.82) is 0 Å². The third-order valence-electron chi connectivity index (χ3n) is 2.90. The number of aryl methyl sites for hydroxylation is 2. The van der Waals surface area contributed by atoms with Gasteiger partial charge in [0.15, 0.2) is 0 Å². The number of rotatable bonds is 3. The molecule has 0 N–H and O–H groups in total. The van der Waals surface area contributed by atoms with E-state index in [1.807, 2.05) is 0 Å². The first-order valence-electron chi connectivity index (χ1n) is 5.55. The Labute approximate surface area is 98.7 Å². The summed E-state index contributed by atoms with van der Waals surface area (Å²) < 4.78 is 0. The molecular formula is C14H21Cl. The summed E-state index contributed by atoms with van der Waals surface area (Å²) in [5, 5.41) is 0.223. The van der Waals surface area contributed by atoms with E-state index in [0.717, 1.165) is 6.42 Å². The molecule has 0 saturated carbocycles. The number of hydrogen-bond donors (Lipinski definition) is 0. The monoisotopic (exact) mass is 224 g/mol. The number of hydrogen-bond acceptors (Lipinski definition) is 0. The van der Waals surface area contributed by atoms with Gasteiger partial charge < -0.3 is 0 Å². The van der Waals surface area contributed by atoms with Crippen LogP contribution in [-0.2, 0) is 5.41 Å². The molecule has 0 radical (unpaired) electrons. The summed E-state index contributed by atoms with van der Waals surface area (Å²) in [5.41, 5.74) is 4.28. The molecular weight excluding hydrogens is 204 g/mol. The first-order valence-corrected chi connectivity index (χ1v) is 5.98. The fourth-order valence-corrected chi connectivity index (χ4v) is 2.77. The second-order valence-corrected chi connectivity index (χ2v) is 5.93. The third-order valence-corrected chi connectivity index (χ3v) is 3.06. The molecule has 0 aliphatic rings. The van der Waals surface area contributed by atoms with Crippen LogP contribution in [0.4, 0.5) is 0 Å². The van der Waals surface area contributed by atoms with Gasteiger partial charge in [-0.25, -0.2) is 0 Å². The molecule has 0 saturated heterocycles. The summed E-state index contributed by atoms with van der Waals surface area (Å²) in [7, 11) is 0. The predicted octanol–water partition coefficient (Wildman–Crippen LogP) is 4.60. The van der Waals surface area contributed by atoms with E-state index >= 15 is 0 Å². The minimum atomic E-state index is 0.166. The molecule has 0 amide bonds.